The number of carbonyl (C=O) groups excluding carboxylic acids is 1. The minimum atomic E-state index is -0.386. The van der Waals surface area contributed by atoms with Crippen molar-refractivity contribution >= 4 is 5.97 Å². The SMILES string of the molecule is CCCC(O)=CC=CC(=O)OCC. The van der Waals surface area contributed by atoms with E-state index in [1.165, 1.54) is 18.2 Å². The molecule has 0 aliphatic heterocycles. The fourth-order valence-electron chi connectivity index (χ4n) is 0.768. The molecule has 3 nitrogen and oxygen atoms in total. The number of aliphatic hydroxyl groups is 1. The van der Waals surface area contributed by atoms with Crippen LogP contribution in [0.25, 0.3) is 0 Å². The highest BCUT2D eigenvalue weighted by Gasteiger charge is 1.91. The smallest absolute Gasteiger partial charge is 0.330 e. The van der Waals surface area contributed by atoms with Crippen molar-refractivity contribution in [3.8, 4) is 0 Å². The first-order valence-electron chi connectivity index (χ1n) is 4.43. The van der Waals surface area contributed by atoms with Crippen LogP contribution in [0, 0.1) is 0 Å². The molecule has 0 radical (unpaired) electrons. The van der Waals surface area contributed by atoms with Gasteiger partial charge >= 0.3 is 5.97 Å². The van der Waals surface area contributed by atoms with Gasteiger partial charge in [-0.1, -0.05) is 13.0 Å². The van der Waals surface area contributed by atoms with Gasteiger partial charge in [-0.05, 0) is 19.4 Å². The van der Waals surface area contributed by atoms with Crippen LogP contribution in [0.4, 0.5) is 0 Å². The average molecular weight is 184 g/mol. The highest BCUT2D eigenvalue weighted by molar-refractivity contribution is 5.82. The molecule has 0 fully saturated rings. The molecule has 0 aromatic rings. The largest absolute Gasteiger partial charge is 0.512 e. The molecule has 0 aromatic heterocycles. The van der Waals surface area contributed by atoms with Gasteiger partial charge < -0.3 is 9.84 Å². The van der Waals surface area contributed by atoms with Crippen LogP contribution in [0.1, 0.15) is 26.7 Å². The van der Waals surface area contributed by atoms with Crippen molar-refractivity contribution in [2.24, 2.45) is 0 Å². The molecule has 0 atom stereocenters. The molecule has 0 heterocycles. The molecular weight excluding hydrogens is 168 g/mol. The van der Waals surface area contributed by atoms with Crippen LogP contribution in [-0.4, -0.2) is 17.7 Å². The van der Waals surface area contributed by atoms with E-state index in [-0.39, 0.29) is 11.7 Å². The summed E-state index contributed by atoms with van der Waals surface area (Å²) in [5, 5.41) is 9.15. The number of allylic oxidation sites excluding steroid dienone is 3. The predicted octanol–water partition coefficient (Wildman–Crippen LogP) is 2.35. The third-order valence-corrected chi connectivity index (χ3v) is 1.31. The lowest BCUT2D eigenvalue weighted by atomic mass is 10.3. The van der Waals surface area contributed by atoms with Crippen LogP contribution in [0.5, 0.6) is 0 Å². The molecule has 0 aromatic carbocycles. The van der Waals surface area contributed by atoms with Gasteiger partial charge in [0.25, 0.3) is 0 Å². The van der Waals surface area contributed by atoms with Crippen LogP contribution in [0.3, 0.4) is 0 Å². The second-order valence-corrected chi connectivity index (χ2v) is 2.52. The topological polar surface area (TPSA) is 46.5 Å². The lowest BCUT2D eigenvalue weighted by Crippen LogP contribution is -1.98. The Labute approximate surface area is 78.7 Å². The Bertz CT molecular complexity index is 204. The van der Waals surface area contributed by atoms with Crippen LogP contribution >= 0.6 is 0 Å². The van der Waals surface area contributed by atoms with E-state index >= 15 is 0 Å². The number of aliphatic hydroxyl groups excluding tert-OH is 1. The Morgan fingerprint density at radius 1 is 1.46 bits per heavy atom. The first-order valence-corrected chi connectivity index (χ1v) is 4.43. The van der Waals surface area contributed by atoms with Gasteiger partial charge in [0, 0.05) is 12.5 Å². The maximum Gasteiger partial charge on any atom is 0.330 e. The summed E-state index contributed by atoms with van der Waals surface area (Å²) in [6.07, 6.45) is 5.79. The summed E-state index contributed by atoms with van der Waals surface area (Å²) >= 11 is 0. The second-order valence-electron chi connectivity index (χ2n) is 2.52. The second kappa shape index (κ2) is 7.40. The fraction of sp³-hybridized carbons (Fsp3) is 0.500. The zero-order valence-electron chi connectivity index (χ0n) is 8.12. The molecule has 0 unspecified atom stereocenters. The third kappa shape index (κ3) is 7.12. The van der Waals surface area contributed by atoms with E-state index in [1.807, 2.05) is 6.92 Å². The minimum absolute atomic E-state index is 0.281. The van der Waals surface area contributed by atoms with Gasteiger partial charge in [-0.15, -0.1) is 0 Å². The summed E-state index contributed by atoms with van der Waals surface area (Å²) in [4.78, 5) is 10.8. The molecular formula is C10H16O3. The predicted molar refractivity (Wildman–Crippen MR) is 51.4 cm³/mol. The summed E-state index contributed by atoms with van der Waals surface area (Å²) in [5.74, 6) is -0.105. The van der Waals surface area contributed by atoms with Gasteiger partial charge in [0.1, 0.15) is 0 Å². The Hall–Kier alpha value is -1.25. The molecule has 74 valence electrons. The molecule has 0 saturated heterocycles. The van der Waals surface area contributed by atoms with Gasteiger partial charge in [-0.25, -0.2) is 4.79 Å². The highest BCUT2D eigenvalue weighted by Crippen LogP contribution is 1.99. The summed E-state index contributed by atoms with van der Waals surface area (Å²) in [7, 11) is 0. The van der Waals surface area contributed by atoms with Gasteiger partial charge in [-0.3, -0.25) is 0 Å². The quantitative estimate of drug-likeness (QED) is 0.309. The number of ether oxygens (including phenoxy) is 1. The van der Waals surface area contributed by atoms with Crippen molar-refractivity contribution in [1.29, 1.82) is 0 Å². The Balaban J connectivity index is 3.84. The van der Waals surface area contributed by atoms with Crippen molar-refractivity contribution in [2.45, 2.75) is 26.7 Å². The summed E-state index contributed by atoms with van der Waals surface area (Å²) in [6.45, 7) is 4.09. The number of rotatable bonds is 5. The maximum absolute atomic E-state index is 10.8. The van der Waals surface area contributed by atoms with E-state index in [9.17, 15) is 4.79 Å². The van der Waals surface area contributed by atoms with E-state index in [4.69, 9.17) is 5.11 Å². The van der Waals surface area contributed by atoms with Gasteiger partial charge in [-0.2, -0.15) is 0 Å². The Morgan fingerprint density at radius 3 is 2.69 bits per heavy atom. The van der Waals surface area contributed by atoms with E-state index < -0.39 is 0 Å². The van der Waals surface area contributed by atoms with Crippen molar-refractivity contribution in [2.75, 3.05) is 6.61 Å². The lowest BCUT2D eigenvalue weighted by molar-refractivity contribution is -0.137. The molecule has 0 aliphatic carbocycles. The van der Waals surface area contributed by atoms with Gasteiger partial charge in [0.15, 0.2) is 0 Å². The number of hydrogen-bond donors (Lipinski definition) is 1. The zero-order valence-corrected chi connectivity index (χ0v) is 8.12. The Kier molecular flexibility index (Phi) is 6.69. The fourth-order valence-corrected chi connectivity index (χ4v) is 0.768. The highest BCUT2D eigenvalue weighted by atomic mass is 16.5. The molecule has 1 N–H and O–H groups in total. The number of hydrogen-bond acceptors (Lipinski definition) is 3. The average Bonchev–Trinajstić information content (AvgIpc) is 2.05. The summed E-state index contributed by atoms with van der Waals surface area (Å²) < 4.78 is 4.65. The summed E-state index contributed by atoms with van der Waals surface area (Å²) in [6, 6.07) is 0. The number of esters is 1. The zero-order chi connectivity index (χ0) is 10.1. The molecule has 0 amide bonds. The molecule has 0 bridgehead atoms. The normalized spacial score (nSPS) is 12.0. The Morgan fingerprint density at radius 2 is 2.15 bits per heavy atom. The standard InChI is InChI=1S/C10H16O3/c1-3-6-9(11)7-5-8-10(12)13-4-2/h5,7-8,11H,3-4,6H2,1-2H3. The molecule has 0 spiro atoms. The van der Waals surface area contributed by atoms with E-state index in [0.29, 0.717) is 13.0 Å². The van der Waals surface area contributed by atoms with Crippen LogP contribution in [0.15, 0.2) is 24.0 Å². The van der Waals surface area contributed by atoms with E-state index in [0.717, 1.165) is 6.42 Å². The minimum Gasteiger partial charge on any atom is -0.512 e. The first kappa shape index (κ1) is 11.8. The lowest BCUT2D eigenvalue weighted by Gasteiger charge is -1.94. The van der Waals surface area contributed by atoms with Crippen molar-refractivity contribution in [3.05, 3.63) is 24.0 Å². The van der Waals surface area contributed by atoms with Gasteiger partial charge in [0.2, 0.25) is 0 Å². The monoisotopic (exact) mass is 184 g/mol. The maximum atomic E-state index is 10.8. The summed E-state index contributed by atoms with van der Waals surface area (Å²) in [5.41, 5.74) is 0. The van der Waals surface area contributed by atoms with Crippen molar-refractivity contribution in [1.82, 2.24) is 0 Å². The van der Waals surface area contributed by atoms with E-state index in [1.54, 1.807) is 6.92 Å². The molecule has 0 saturated carbocycles. The van der Waals surface area contributed by atoms with Crippen LogP contribution < -0.4 is 0 Å². The third-order valence-electron chi connectivity index (χ3n) is 1.31. The molecule has 3 heteroatoms. The van der Waals surface area contributed by atoms with Gasteiger partial charge in [0.05, 0.1) is 12.4 Å². The van der Waals surface area contributed by atoms with Crippen molar-refractivity contribution in [3.63, 3.8) is 0 Å². The molecule has 13 heavy (non-hydrogen) atoms. The van der Waals surface area contributed by atoms with E-state index in [2.05, 4.69) is 4.74 Å². The number of carbonyl (C=O) groups is 1. The molecule has 0 aliphatic rings. The first-order chi connectivity index (χ1) is 6.20. The van der Waals surface area contributed by atoms with Crippen LogP contribution in [0.2, 0.25) is 0 Å². The molecule has 0 rings (SSSR count). The van der Waals surface area contributed by atoms with Crippen molar-refractivity contribution < 1.29 is 14.6 Å². The van der Waals surface area contributed by atoms with Crippen LogP contribution in [-0.2, 0) is 9.53 Å².